The fourth-order valence-corrected chi connectivity index (χ4v) is 1.93. The van der Waals surface area contributed by atoms with E-state index in [4.69, 9.17) is 0 Å². The molecule has 1 fully saturated rings. The standard InChI is InChI=1S/C13H21N3/c1-4-5-13-15-9(2)12(10(3)16-13)8-14-11-6-7-11/h11,14H,4-8H2,1-3H3. The maximum absolute atomic E-state index is 4.57. The van der Waals surface area contributed by atoms with Gasteiger partial charge in [0, 0.05) is 36.0 Å². The van der Waals surface area contributed by atoms with Gasteiger partial charge < -0.3 is 5.32 Å². The lowest BCUT2D eigenvalue weighted by molar-refractivity contribution is 0.670. The van der Waals surface area contributed by atoms with Crippen molar-refractivity contribution in [3.05, 3.63) is 22.8 Å². The van der Waals surface area contributed by atoms with Crippen LogP contribution in [0.25, 0.3) is 0 Å². The van der Waals surface area contributed by atoms with Gasteiger partial charge in [0.25, 0.3) is 0 Å². The molecule has 2 rings (SSSR count). The van der Waals surface area contributed by atoms with Gasteiger partial charge in [-0.2, -0.15) is 0 Å². The Balaban J connectivity index is 2.10. The Morgan fingerprint density at radius 3 is 2.31 bits per heavy atom. The maximum Gasteiger partial charge on any atom is 0.128 e. The van der Waals surface area contributed by atoms with Crippen molar-refractivity contribution in [1.82, 2.24) is 15.3 Å². The van der Waals surface area contributed by atoms with E-state index >= 15 is 0 Å². The predicted octanol–water partition coefficient (Wildman–Crippen LogP) is 2.30. The molecule has 0 aromatic carbocycles. The lowest BCUT2D eigenvalue weighted by Gasteiger charge is -2.11. The van der Waals surface area contributed by atoms with E-state index in [1.165, 1.54) is 18.4 Å². The summed E-state index contributed by atoms with van der Waals surface area (Å²) in [6.45, 7) is 7.28. The summed E-state index contributed by atoms with van der Waals surface area (Å²) >= 11 is 0. The Kier molecular flexibility index (Phi) is 3.54. The molecule has 0 aliphatic heterocycles. The Morgan fingerprint density at radius 1 is 1.19 bits per heavy atom. The molecule has 88 valence electrons. The first-order chi connectivity index (χ1) is 7.70. The van der Waals surface area contributed by atoms with Crippen LogP contribution in [-0.2, 0) is 13.0 Å². The molecule has 0 spiro atoms. The maximum atomic E-state index is 4.57. The van der Waals surface area contributed by atoms with Crippen LogP contribution in [0.5, 0.6) is 0 Å². The third kappa shape index (κ3) is 2.79. The van der Waals surface area contributed by atoms with Crippen molar-refractivity contribution in [3.63, 3.8) is 0 Å². The van der Waals surface area contributed by atoms with Gasteiger partial charge in [-0.3, -0.25) is 0 Å². The highest BCUT2D eigenvalue weighted by atomic mass is 15.0. The highest BCUT2D eigenvalue weighted by molar-refractivity contribution is 5.24. The molecule has 0 atom stereocenters. The molecule has 1 aromatic heterocycles. The Morgan fingerprint density at radius 2 is 1.81 bits per heavy atom. The van der Waals surface area contributed by atoms with Crippen LogP contribution in [0.15, 0.2) is 0 Å². The summed E-state index contributed by atoms with van der Waals surface area (Å²) in [6, 6.07) is 0.745. The van der Waals surface area contributed by atoms with Crippen LogP contribution in [0.2, 0.25) is 0 Å². The Hall–Kier alpha value is -0.960. The SMILES string of the molecule is CCCc1nc(C)c(CNC2CC2)c(C)n1. The Bertz CT molecular complexity index is 346. The number of aromatic nitrogens is 2. The molecule has 0 radical (unpaired) electrons. The van der Waals surface area contributed by atoms with Crippen molar-refractivity contribution in [3.8, 4) is 0 Å². The van der Waals surface area contributed by atoms with E-state index in [0.29, 0.717) is 0 Å². The van der Waals surface area contributed by atoms with E-state index in [1.54, 1.807) is 0 Å². The van der Waals surface area contributed by atoms with Gasteiger partial charge in [0.1, 0.15) is 5.82 Å². The van der Waals surface area contributed by atoms with Gasteiger partial charge >= 0.3 is 0 Å². The summed E-state index contributed by atoms with van der Waals surface area (Å²) in [5, 5.41) is 3.53. The minimum atomic E-state index is 0.745. The van der Waals surface area contributed by atoms with Gasteiger partial charge in [0.15, 0.2) is 0 Å². The van der Waals surface area contributed by atoms with E-state index in [0.717, 1.165) is 42.6 Å². The molecule has 1 aromatic rings. The molecule has 1 N–H and O–H groups in total. The van der Waals surface area contributed by atoms with Gasteiger partial charge in [-0.05, 0) is 33.1 Å². The van der Waals surface area contributed by atoms with Crippen LogP contribution in [0, 0.1) is 13.8 Å². The quantitative estimate of drug-likeness (QED) is 0.825. The molecule has 1 aliphatic rings. The van der Waals surface area contributed by atoms with Gasteiger partial charge in [-0.1, -0.05) is 6.92 Å². The Labute approximate surface area is 97.7 Å². The summed E-state index contributed by atoms with van der Waals surface area (Å²) in [6.07, 6.45) is 4.75. The smallest absolute Gasteiger partial charge is 0.128 e. The third-order valence-corrected chi connectivity index (χ3v) is 3.09. The van der Waals surface area contributed by atoms with Crippen molar-refractivity contribution in [2.45, 2.75) is 59.0 Å². The van der Waals surface area contributed by atoms with E-state index in [2.05, 4.69) is 36.1 Å². The van der Waals surface area contributed by atoms with Crippen LogP contribution < -0.4 is 5.32 Å². The van der Waals surface area contributed by atoms with Gasteiger partial charge in [0.05, 0.1) is 0 Å². The van der Waals surface area contributed by atoms with E-state index in [9.17, 15) is 0 Å². The molecule has 0 unspecified atom stereocenters. The molecule has 1 saturated carbocycles. The fraction of sp³-hybridized carbons (Fsp3) is 0.692. The average molecular weight is 219 g/mol. The molecular formula is C13H21N3. The summed E-state index contributed by atoms with van der Waals surface area (Å²) < 4.78 is 0. The second-order valence-corrected chi connectivity index (χ2v) is 4.69. The van der Waals surface area contributed by atoms with Crippen molar-refractivity contribution >= 4 is 0 Å². The summed E-state index contributed by atoms with van der Waals surface area (Å²) in [5.41, 5.74) is 3.57. The molecule has 1 heterocycles. The number of hydrogen-bond donors (Lipinski definition) is 1. The largest absolute Gasteiger partial charge is 0.310 e. The van der Waals surface area contributed by atoms with E-state index in [1.807, 2.05) is 0 Å². The number of nitrogens with zero attached hydrogens (tertiary/aromatic N) is 2. The zero-order valence-corrected chi connectivity index (χ0v) is 10.5. The molecule has 1 aliphatic carbocycles. The van der Waals surface area contributed by atoms with Crippen molar-refractivity contribution in [2.24, 2.45) is 0 Å². The van der Waals surface area contributed by atoms with Gasteiger partial charge in [-0.15, -0.1) is 0 Å². The monoisotopic (exact) mass is 219 g/mol. The zero-order chi connectivity index (χ0) is 11.5. The summed E-state index contributed by atoms with van der Waals surface area (Å²) in [5.74, 6) is 0.993. The fourth-order valence-electron chi connectivity index (χ4n) is 1.93. The molecule has 3 nitrogen and oxygen atoms in total. The molecule has 0 saturated heterocycles. The predicted molar refractivity (Wildman–Crippen MR) is 65.4 cm³/mol. The second kappa shape index (κ2) is 4.91. The molecule has 0 amide bonds. The van der Waals surface area contributed by atoms with Gasteiger partial charge in [-0.25, -0.2) is 9.97 Å². The highest BCUT2D eigenvalue weighted by Crippen LogP contribution is 2.20. The van der Waals surface area contributed by atoms with Crippen molar-refractivity contribution in [1.29, 1.82) is 0 Å². The lowest BCUT2D eigenvalue weighted by Crippen LogP contribution is -2.18. The molecule has 0 bridgehead atoms. The number of nitrogens with one attached hydrogen (secondary N) is 1. The van der Waals surface area contributed by atoms with Crippen LogP contribution in [0.4, 0.5) is 0 Å². The van der Waals surface area contributed by atoms with Crippen LogP contribution >= 0.6 is 0 Å². The zero-order valence-electron chi connectivity index (χ0n) is 10.5. The third-order valence-electron chi connectivity index (χ3n) is 3.09. The average Bonchev–Trinajstić information content (AvgIpc) is 3.00. The molecule has 16 heavy (non-hydrogen) atoms. The minimum Gasteiger partial charge on any atom is -0.310 e. The lowest BCUT2D eigenvalue weighted by atomic mass is 10.1. The van der Waals surface area contributed by atoms with Crippen LogP contribution in [0.3, 0.4) is 0 Å². The summed E-state index contributed by atoms with van der Waals surface area (Å²) in [4.78, 5) is 9.14. The van der Waals surface area contributed by atoms with E-state index in [-0.39, 0.29) is 0 Å². The first-order valence-electron chi connectivity index (χ1n) is 6.27. The van der Waals surface area contributed by atoms with Gasteiger partial charge in [0.2, 0.25) is 0 Å². The van der Waals surface area contributed by atoms with Crippen molar-refractivity contribution in [2.75, 3.05) is 0 Å². The van der Waals surface area contributed by atoms with E-state index < -0.39 is 0 Å². The number of hydrogen-bond acceptors (Lipinski definition) is 3. The topological polar surface area (TPSA) is 37.8 Å². The first-order valence-corrected chi connectivity index (χ1v) is 6.27. The van der Waals surface area contributed by atoms with Crippen LogP contribution in [-0.4, -0.2) is 16.0 Å². The molecule has 3 heteroatoms. The normalized spacial score (nSPS) is 15.4. The summed E-state index contributed by atoms with van der Waals surface area (Å²) in [7, 11) is 0. The van der Waals surface area contributed by atoms with Crippen molar-refractivity contribution < 1.29 is 0 Å². The number of rotatable bonds is 5. The first kappa shape index (κ1) is 11.5. The minimum absolute atomic E-state index is 0.745. The molecular weight excluding hydrogens is 198 g/mol. The second-order valence-electron chi connectivity index (χ2n) is 4.69. The number of aryl methyl sites for hydroxylation is 3. The highest BCUT2D eigenvalue weighted by Gasteiger charge is 2.21. The van der Waals surface area contributed by atoms with Crippen LogP contribution in [0.1, 0.15) is 49.0 Å².